The van der Waals surface area contributed by atoms with E-state index in [0.717, 1.165) is 34.9 Å². The van der Waals surface area contributed by atoms with E-state index < -0.39 is 30.1 Å². The fourth-order valence-electron chi connectivity index (χ4n) is 4.56. The molecule has 0 amide bonds. The van der Waals surface area contributed by atoms with Crippen molar-refractivity contribution >= 4 is 5.82 Å². The first-order valence-corrected chi connectivity index (χ1v) is 10.6. The molecule has 1 aliphatic rings. The van der Waals surface area contributed by atoms with E-state index in [9.17, 15) is 31.4 Å². The Morgan fingerprint density at radius 2 is 1.68 bits per heavy atom. The molecule has 0 bridgehead atoms. The maximum Gasteiger partial charge on any atom is 0.419 e. The second-order valence-corrected chi connectivity index (χ2v) is 8.44. The van der Waals surface area contributed by atoms with E-state index in [1.54, 1.807) is 19.2 Å². The van der Waals surface area contributed by atoms with Gasteiger partial charge in [-0.25, -0.2) is 4.98 Å². The number of aliphatic hydroxyl groups is 1. The second kappa shape index (κ2) is 8.94. The molecule has 0 saturated heterocycles. The summed E-state index contributed by atoms with van der Waals surface area (Å²) in [5, 5.41) is 9.34. The van der Waals surface area contributed by atoms with E-state index in [1.165, 1.54) is 17.2 Å². The number of hydrogen-bond donors (Lipinski definition) is 1. The first-order chi connectivity index (χ1) is 16.0. The summed E-state index contributed by atoms with van der Waals surface area (Å²) in [6, 6.07) is 11.0. The summed E-state index contributed by atoms with van der Waals surface area (Å²) in [4.78, 5) is 5.51. The zero-order valence-electron chi connectivity index (χ0n) is 18.2. The van der Waals surface area contributed by atoms with Crippen LogP contribution in [0.5, 0.6) is 0 Å². The predicted molar refractivity (Wildman–Crippen MR) is 115 cm³/mol. The number of nitrogens with zero attached hydrogens (tertiary/aromatic N) is 2. The molecule has 2 aromatic carbocycles. The van der Waals surface area contributed by atoms with Crippen LogP contribution < -0.4 is 4.90 Å². The number of aromatic nitrogens is 1. The normalized spacial score (nSPS) is 15.9. The van der Waals surface area contributed by atoms with Crippen molar-refractivity contribution in [3.8, 4) is 0 Å². The van der Waals surface area contributed by atoms with Gasteiger partial charge >= 0.3 is 12.4 Å². The van der Waals surface area contributed by atoms with E-state index in [2.05, 4.69) is 4.98 Å². The standard InChI is InChI=1S/C25H22F6N2O/c1-33(23-21(25(29,30)31)3-2-8-32-23)22-7-5-18-11-15(4-6-20(18)22)9-16-10-17(14-34)13-19(12-16)24(26,27)28/h2-4,6,8,10-13,22,34H,5,7,9,14H2,1H3. The van der Waals surface area contributed by atoms with Gasteiger partial charge in [-0.2, -0.15) is 26.3 Å². The molecule has 1 atom stereocenters. The summed E-state index contributed by atoms with van der Waals surface area (Å²) in [6.07, 6.45) is -6.24. The molecule has 3 aromatic rings. The van der Waals surface area contributed by atoms with Gasteiger partial charge in [0.1, 0.15) is 5.82 Å². The topological polar surface area (TPSA) is 36.4 Å². The maximum atomic E-state index is 13.5. The molecule has 0 spiro atoms. The largest absolute Gasteiger partial charge is 0.419 e. The lowest BCUT2D eigenvalue weighted by atomic mass is 9.97. The van der Waals surface area contributed by atoms with Crippen LogP contribution in [-0.4, -0.2) is 17.1 Å². The fraction of sp³-hybridized carbons (Fsp3) is 0.320. The van der Waals surface area contributed by atoms with Gasteiger partial charge in [-0.15, -0.1) is 0 Å². The van der Waals surface area contributed by atoms with Gasteiger partial charge in [0.25, 0.3) is 0 Å². The van der Waals surface area contributed by atoms with Gasteiger partial charge in [0.15, 0.2) is 0 Å². The molecular weight excluding hydrogens is 458 g/mol. The summed E-state index contributed by atoms with van der Waals surface area (Å²) in [5.41, 5.74) is 1.62. The Balaban J connectivity index is 1.60. The van der Waals surface area contributed by atoms with E-state index in [0.29, 0.717) is 18.4 Å². The predicted octanol–water partition coefficient (Wildman–Crippen LogP) is 6.33. The Morgan fingerprint density at radius 1 is 0.941 bits per heavy atom. The van der Waals surface area contributed by atoms with Gasteiger partial charge in [0.2, 0.25) is 0 Å². The summed E-state index contributed by atoms with van der Waals surface area (Å²) in [6.45, 7) is -0.497. The first kappa shape index (κ1) is 24.1. The molecule has 0 radical (unpaired) electrons. The number of anilines is 1. The molecule has 9 heteroatoms. The summed E-state index contributed by atoms with van der Waals surface area (Å²) in [7, 11) is 1.59. The van der Waals surface area contributed by atoms with E-state index in [4.69, 9.17) is 0 Å². The van der Waals surface area contributed by atoms with Gasteiger partial charge in [0, 0.05) is 13.2 Å². The highest BCUT2D eigenvalue weighted by molar-refractivity contribution is 5.52. The van der Waals surface area contributed by atoms with Crippen LogP contribution in [0.1, 0.15) is 51.4 Å². The molecule has 1 heterocycles. The number of hydrogen-bond acceptors (Lipinski definition) is 3. The first-order valence-electron chi connectivity index (χ1n) is 10.6. The van der Waals surface area contributed by atoms with Crippen LogP contribution in [0.25, 0.3) is 0 Å². The number of aliphatic hydroxyl groups excluding tert-OH is 1. The molecule has 0 saturated carbocycles. The van der Waals surface area contributed by atoms with Crippen LogP contribution in [0.15, 0.2) is 54.7 Å². The molecule has 1 aliphatic carbocycles. The van der Waals surface area contributed by atoms with Crippen LogP contribution in [0.3, 0.4) is 0 Å². The van der Waals surface area contributed by atoms with Crippen LogP contribution >= 0.6 is 0 Å². The number of pyridine rings is 1. The van der Waals surface area contributed by atoms with Crippen molar-refractivity contribution in [2.75, 3.05) is 11.9 Å². The molecule has 34 heavy (non-hydrogen) atoms. The molecule has 0 fully saturated rings. The molecule has 1 N–H and O–H groups in total. The van der Waals surface area contributed by atoms with Crippen LogP contribution in [0.4, 0.5) is 32.2 Å². The van der Waals surface area contributed by atoms with E-state index >= 15 is 0 Å². The summed E-state index contributed by atoms with van der Waals surface area (Å²) >= 11 is 0. The Bertz CT molecular complexity index is 1190. The zero-order chi connectivity index (χ0) is 24.7. The zero-order valence-corrected chi connectivity index (χ0v) is 18.2. The van der Waals surface area contributed by atoms with Crippen molar-refractivity contribution in [2.45, 2.75) is 44.3 Å². The average Bonchev–Trinajstić information content (AvgIpc) is 3.20. The molecule has 180 valence electrons. The van der Waals surface area contributed by atoms with Gasteiger partial charge < -0.3 is 10.0 Å². The van der Waals surface area contributed by atoms with Crippen LogP contribution in [0.2, 0.25) is 0 Å². The Morgan fingerprint density at radius 3 is 2.35 bits per heavy atom. The highest BCUT2D eigenvalue weighted by Crippen LogP contribution is 2.42. The molecular formula is C25H22F6N2O. The minimum absolute atomic E-state index is 0.141. The molecule has 1 aromatic heterocycles. The highest BCUT2D eigenvalue weighted by atomic mass is 19.4. The average molecular weight is 480 g/mol. The quantitative estimate of drug-likeness (QED) is 0.434. The lowest BCUT2D eigenvalue weighted by Gasteiger charge is -2.28. The molecule has 4 rings (SSSR count). The van der Waals surface area contributed by atoms with Gasteiger partial charge in [-0.05, 0) is 71.3 Å². The lowest BCUT2D eigenvalue weighted by Crippen LogP contribution is -2.26. The van der Waals surface area contributed by atoms with E-state index in [1.807, 2.05) is 12.1 Å². The van der Waals surface area contributed by atoms with Gasteiger partial charge in [-0.3, -0.25) is 0 Å². The number of aryl methyl sites for hydroxylation is 1. The van der Waals surface area contributed by atoms with Crippen LogP contribution in [-0.2, 0) is 31.8 Å². The Hall–Kier alpha value is -3.07. The summed E-state index contributed by atoms with van der Waals surface area (Å²) in [5.74, 6) is -0.141. The third-order valence-corrected chi connectivity index (χ3v) is 6.12. The van der Waals surface area contributed by atoms with Crippen molar-refractivity contribution in [2.24, 2.45) is 0 Å². The molecule has 0 aliphatic heterocycles. The number of halogens is 6. The molecule has 3 nitrogen and oxygen atoms in total. The number of benzene rings is 2. The Labute approximate surface area is 192 Å². The Kier molecular flexibility index (Phi) is 6.33. The highest BCUT2D eigenvalue weighted by Gasteiger charge is 2.37. The van der Waals surface area contributed by atoms with Crippen LogP contribution in [0, 0.1) is 0 Å². The lowest BCUT2D eigenvalue weighted by molar-refractivity contribution is -0.138. The maximum absolute atomic E-state index is 13.5. The number of fused-ring (bicyclic) bond motifs is 1. The van der Waals surface area contributed by atoms with Crippen molar-refractivity contribution in [1.82, 2.24) is 4.98 Å². The van der Waals surface area contributed by atoms with Gasteiger partial charge in [-0.1, -0.05) is 24.3 Å². The number of rotatable bonds is 5. The minimum Gasteiger partial charge on any atom is -0.392 e. The van der Waals surface area contributed by atoms with Crippen molar-refractivity contribution in [1.29, 1.82) is 0 Å². The van der Waals surface area contributed by atoms with E-state index in [-0.39, 0.29) is 23.8 Å². The van der Waals surface area contributed by atoms with Crippen molar-refractivity contribution < 1.29 is 31.4 Å². The third-order valence-electron chi connectivity index (χ3n) is 6.12. The third kappa shape index (κ3) is 4.89. The summed E-state index contributed by atoms with van der Waals surface area (Å²) < 4.78 is 80.0. The monoisotopic (exact) mass is 480 g/mol. The molecule has 1 unspecified atom stereocenters. The minimum atomic E-state index is -4.53. The number of alkyl halides is 6. The van der Waals surface area contributed by atoms with Gasteiger partial charge in [0.05, 0.1) is 23.8 Å². The SMILES string of the molecule is CN(c1ncccc1C(F)(F)F)C1CCc2cc(Cc3cc(CO)cc(C(F)(F)F)c3)ccc21. The smallest absolute Gasteiger partial charge is 0.392 e. The second-order valence-electron chi connectivity index (χ2n) is 8.44. The fourth-order valence-corrected chi connectivity index (χ4v) is 4.56. The van der Waals surface area contributed by atoms with Crippen molar-refractivity contribution in [3.63, 3.8) is 0 Å². The van der Waals surface area contributed by atoms with Crippen molar-refractivity contribution in [3.05, 3.63) is 93.7 Å².